The van der Waals surface area contributed by atoms with Gasteiger partial charge in [0.15, 0.2) is 0 Å². The van der Waals surface area contributed by atoms with Crippen molar-refractivity contribution in [2.75, 3.05) is 66.2 Å². The zero-order chi connectivity index (χ0) is 18.2. The molecule has 1 amide bonds. The molecule has 1 N–H and O–H groups in total. The summed E-state index contributed by atoms with van der Waals surface area (Å²) in [6.45, 7) is 8.82. The Morgan fingerprint density at radius 2 is 1.88 bits per heavy atom. The fraction of sp³-hybridized carbons (Fsp3) is 0.950. The van der Waals surface area contributed by atoms with Gasteiger partial charge < -0.3 is 24.6 Å². The van der Waals surface area contributed by atoms with E-state index in [1.54, 1.807) is 7.11 Å². The molecule has 0 saturated carbocycles. The number of carbonyl (C=O) groups is 1. The molecular weight excluding hydrogens is 330 g/mol. The second-order valence-electron chi connectivity index (χ2n) is 8.20. The molecule has 6 nitrogen and oxygen atoms in total. The van der Waals surface area contributed by atoms with Gasteiger partial charge in [-0.25, -0.2) is 0 Å². The monoisotopic (exact) mass is 367 g/mol. The summed E-state index contributed by atoms with van der Waals surface area (Å²) < 4.78 is 10.7. The third-order valence-corrected chi connectivity index (χ3v) is 6.39. The highest BCUT2D eigenvalue weighted by Gasteiger charge is 2.30. The zero-order valence-electron chi connectivity index (χ0n) is 16.5. The number of nitrogens with zero attached hydrogens (tertiary/aromatic N) is 2. The topological polar surface area (TPSA) is 54.0 Å². The molecule has 0 aromatic rings. The van der Waals surface area contributed by atoms with Crippen LogP contribution in [0, 0.1) is 11.8 Å². The number of methoxy groups -OCH3 is 1. The van der Waals surface area contributed by atoms with E-state index in [0.29, 0.717) is 12.0 Å². The molecular formula is C20H37N3O3. The van der Waals surface area contributed by atoms with E-state index in [1.165, 1.54) is 19.4 Å². The fourth-order valence-corrected chi connectivity index (χ4v) is 4.71. The van der Waals surface area contributed by atoms with Crippen LogP contribution in [-0.4, -0.2) is 87.9 Å². The molecule has 1 atom stereocenters. The van der Waals surface area contributed by atoms with Crippen molar-refractivity contribution in [2.45, 2.75) is 44.6 Å². The molecule has 3 fully saturated rings. The van der Waals surface area contributed by atoms with Crippen molar-refractivity contribution in [2.24, 2.45) is 11.8 Å². The van der Waals surface area contributed by atoms with Crippen LogP contribution in [0.25, 0.3) is 0 Å². The minimum atomic E-state index is 0.208. The van der Waals surface area contributed by atoms with Gasteiger partial charge in [0.2, 0.25) is 5.91 Å². The Morgan fingerprint density at radius 3 is 2.62 bits per heavy atom. The quantitative estimate of drug-likeness (QED) is 0.736. The molecule has 0 spiro atoms. The van der Waals surface area contributed by atoms with Crippen molar-refractivity contribution in [1.82, 2.24) is 15.1 Å². The number of carbonyl (C=O) groups excluding carboxylic acids is 1. The van der Waals surface area contributed by atoms with Gasteiger partial charge in [0, 0.05) is 51.9 Å². The molecule has 0 aliphatic carbocycles. The van der Waals surface area contributed by atoms with Crippen LogP contribution in [0.4, 0.5) is 0 Å². The summed E-state index contributed by atoms with van der Waals surface area (Å²) in [7, 11) is 1.76. The molecule has 3 saturated heterocycles. The highest BCUT2D eigenvalue weighted by molar-refractivity contribution is 5.78. The number of likely N-dealkylation sites (tertiary alicyclic amines) is 2. The maximum Gasteiger partial charge on any atom is 0.223 e. The number of ether oxygens (including phenoxy) is 2. The van der Waals surface area contributed by atoms with E-state index in [9.17, 15) is 4.79 Å². The zero-order valence-corrected chi connectivity index (χ0v) is 16.5. The average Bonchev–Trinajstić information content (AvgIpc) is 2.71. The van der Waals surface area contributed by atoms with Crippen molar-refractivity contribution in [3.63, 3.8) is 0 Å². The van der Waals surface area contributed by atoms with E-state index in [-0.39, 0.29) is 11.8 Å². The SMILES string of the molecule is COCCN1CCCC(CNC(=O)C2CCN(C3CCOCC3)CC2)C1. The number of nitrogens with one attached hydrogen (secondary N) is 1. The Balaban J connectivity index is 1.34. The number of hydrogen-bond acceptors (Lipinski definition) is 5. The molecule has 0 aromatic carbocycles. The van der Waals surface area contributed by atoms with Gasteiger partial charge in [-0.2, -0.15) is 0 Å². The fourth-order valence-electron chi connectivity index (χ4n) is 4.71. The Morgan fingerprint density at radius 1 is 1.12 bits per heavy atom. The van der Waals surface area contributed by atoms with Crippen LogP contribution in [0.2, 0.25) is 0 Å². The second-order valence-corrected chi connectivity index (χ2v) is 8.20. The highest BCUT2D eigenvalue weighted by atomic mass is 16.5. The van der Waals surface area contributed by atoms with Gasteiger partial charge in [-0.05, 0) is 64.1 Å². The predicted molar refractivity (Wildman–Crippen MR) is 102 cm³/mol. The number of amides is 1. The number of rotatable bonds is 7. The molecule has 3 rings (SSSR count). The van der Waals surface area contributed by atoms with Gasteiger partial charge in [-0.1, -0.05) is 0 Å². The molecule has 0 aromatic heterocycles. The lowest BCUT2D eigenvalue weighted by Crippen LogP contribution is -2.47. The standard InChI is InChI=1S/C20H37N3O3/c1-25-14-11-22-8-2-3-17(16-22)15-21-20(24)18-4-9-23(10-5-18)19-6-12-26-13-7-19/h17-19H,2-16H2,1H3,(H,21,24). The van der Waals surface area contributed by atoms with Crippen LogP contribution in [0.3, 0.4) is 0 Å². The molecule has 6 heteroatoms. The highest BCUT2D eigenvalue weighted by Crippen LogP contribution is 2.23. The molecule has 0 radical (unpaired) electrons. The van der Waals surface area contributed by atoms with Gasteiger partial charge in [0.05, 0.1) is 6.61 Å². The maximum atomic E-state index is 12.6. The van der Waals surface area contributed by atoms with Gasteiger partial charge >= 0.3 is 0 Å². The van der Waals surface area contributed by atoms with Crippen LogP contribution < -0.4 is 5.32 Å². The molecule has 150 valence electrons. The molecule has 3 aliphatic heterocycles. The van der Waals surface area contributed by atoms with Crippen molar-refractivity contribution in [3.8, 4) is 0 Å². The summed E-state index contributed by atoms with van der Waals surface area (Å²) in [5.74, 6) is 1.08. The summed E-state index contributed by atoms with van der Waals surface area (Å²) in [4.78, 5) is 17.6. The Kier molecular flexibility index (Phi) is 8.17. The van der Waals surface area contributed by atoms with Crippen molar-refractivity contribution in [1.29, 1.82) is 0 Å². The van der Waals surface area contributed by atoms with Gasteiger partial charge in [-0.15, -0.1) is 0 Å². The van der Waals surface area contributed by atoms with Crippen molar-refractivity contribution >= 4 is 5.91 Å². The minimum Gasteiger partial charge on any atom is -0.383 e. The minimum absolute atomic E-state index is 0.208. The van der Waals surface area contributed by atoms with E-state index >= 15 is 0 Å². The third-order valence-electron chi connectivity index (χ3n) is 6.39. The Labute approximate surface area is 158 Å². The lowest BCUT2D eigenvalue weighted by molar-refractivity contribution is -0.127. The molecule has 1 unspecified atom stereocenters. The second kappa shape index (κ2) is 10.6. The first kappa shape index (κ1) is 20.1. The first-order chi connectivity index (χ1) is 12.8. The summed E-state index contributed by atoms with van der Waals surface area (Å²) >= 11 is 0. The first-order valence-electron chi connectivity index (χ1n) is 10.6. The predicted octanol–water partition coefficient (Wildman–Crippen LogP) is 1.35. The molecule has 3 heterocycles. The van der Waals surface area contributed by atoms with E-state index in [1.807, 2.05) is 0 Å². The normalized spacial score (nSPS) is 27.5. The Bertz CT molecular complexity index is 421. The van der Waals surface area contributed by atoms with Crippen LogP contribution in [0.5, 0.6) is 0 Å². The summed E-state index contributed by atoms with van der Waals surface area (Å²) in [6, 6.07) is 0.674. The van der Waals surface area contributed by atoms with Gasteiger partial charge in [-0.3, -0.25) is 4.79 Å². The van der Waals surface area contributed by atoms with Crippen LogP contribution in [0.1, 0.15) is 38.5 Å². The summed E-state index contributed by atoms with van der Waals surface area (Å²) in [5, 5.41) is 3.26. The number of hydrogen-bond donors (Lipinski definition) is 1. The molecule has 3 aliphatic rings. The van der Waals surface area contributed by atoms with Crippen LogP contribution in [0.15, 0.2) is 0 Å². The van der Waals surface area contributed by atoms with Gasteiger partial charge in [0.1, 0.15) is 0 Å². The van der Waals surface area contributed by atoms with Crippen LogP contribution >= 0.6 is 0 Å². The smallest absolute Gasteiger partial charge is 0.223 e. The third kappa shape index (κ3) is 5.91. The van der Waals surface area contributed by atoms with E-state index in [2.05, 4.69) is 15.1 Å². The largest absolute Gasteiger partial charge is 0.383 e. The van der Waals surface area contributed by atoms with Crippen molar-refractivity contribution in [3.05, 3.63) is 0 Å². The van der Waals surface area contributed by atoms with E-state index < -0.39 is 0 Å². The summed E-state index contributed by atoms with van der Waals surface area (Å²) in [6.07, 6.45) is 6.78. The first-order valence-corrected chi connectivity index (χ1v) is 10.6. The van der Waals surface area contributed by atoms with E-state index in [4.69, 9.17) is 9.47 Å². The van der Waals surface area contributed by atoms with E-state index in [0.717, 1.165) is 78.2 Å². The average molecular weight is 368 g/mol. The molecule has 26 heavy (non-hydrogen) atoms. The number of piperidine rings is 2. The lowest BCUT2D eigenvalue weighted by Gasteiger charge is -2.39. The summed E-state index contributed by atoms with van der Waals surface area (Å²) in [5.41, 5.74) is 0. The van der Waals surface area contributed by atoms with Crippen LogP contribution in [-0.2, 0) is 14.3 Å². The van der Waals surface area contributed by atoms with Gasteiger partial charge in [0.25, 0.3) is 0 Å². The van der Waals surface area contributed by atoms with Crippen molar-refractivity contribution < 1.29 is 14.3 Å². The maximum absolute atomic E-state index is 12.6. The lowest BCUT2D eigenvalue weighted by atomic mass is 9.92. The molecule has 0 bridgehead atoms. The Hall–Kier alpha value is -0.690.